The summed E-state index contributed by atoms with van der Waals surface area (Å²) in [5, 5.41) is 8.67. The summed E-state index contributed by atoms with van der Waals surface area (Å²) in [6.45, 7) is 3.13. The Bertz CT molecular complexity index is 698. The van der Waals surface area contributed by atoms with E-state index in [1.807, 2.05) is 0 Å². The highest BCUT2D eigenvalue weighted by molar-refractivity contribution is 5.91. The van der Waals surface area contributed by atoms with Crippen LogP contribution in [0.5, 0.6) is 0 Å². The van der Waals surface area contributed by atoms with Gasteiger partial charge in [-0.3, -0.25) is 4.79 Å². The molecule has 25 heavy (non-hydrogen) atoms. The molecule has 0 saturated heterocycles. The average molecular weight is 364 g/mol. The zero-order valence-electron chi connectivity index (χ0n) is 12.7. The van der Waals surface area contributed by atoms with Crippen LogP contribution in [0.2, 0.25) is 0 Å². The highest BCUT2D eigenvalue weighted by Gasteiger charge is 2.60. The molecule has 1 aliphatic rings. The van der Waals surface area contributed by atoms with Crippen LogP contribution in [0.1, 0.15) is 30.4 Å². The lowest BCUT2D eigenvalue weighted by atomic mass is 9.71. The third-order valence-corrected chi connectivity index (χ3v) is 3.80. The average Bonchev–Trinajstić information content (AvgIpc) is 2.43. The summed E-state index contributed by atoms with van der Waals surface area (Å²) in [6.07, 6.45) is -7.10. The standard InChI is InChI=1S/C16H13F5O4/c1-9(13(23)24)6-12(22)25-14(7-15(17,18)8-14)10-2-4-11(5-3-10)16(19,20)21/h2-5H,1,6-8H2,(H,23,24). The Balaban J connectivity index is 2.23. The zero-order valence-corrected chi connectivity index (χ0v) is 12.7. The van der Waals surface area contributed by atoms with Crippen molar-refractivity contribution in [3.05, 3.63) is 47.5 Å². The summed E-state index contributed by atoms with van der Waals surface area (Å²) >= 11 is 0. The number of ether oxygens (including phenoxy) is 1. The van der Waals surface area contributed by atoms with Crippen molar-refractivity contribution in [2.24, 2.45) is 0 Å². The van der Waals surface area contributed by atoms with Crippen molar-refractivity contribution in [1.82, 2.24) is 0 Å². The summed E-state index contributed by atoms with van der Waals surface area (Å²) in [5.74, 6) is -5.67. The van der Waals surface area contributed by atoms with Crippen LogP contribution in [-0.2, 0) is 26.1 Å². The highest BCUT2D eigenvalue weighted by atomic mass is 19.4. The van der Waals surface area contributed by atoms with E-state index in [1.54, 1.807) is 0 Å². The number of alkyl halides is 5. The number of esters is 1. The van der Waals surface area contributed by atoms with Gasteiger partial charge in [0.25, 0.3) is 5.92 Å². The minimum Gasteiger partial charge on any atom is -0.478 e. The molecule has 0 aliphatic heterocycles. The second-order valence-electron chi connectivity index (χ2n) is 5.84. The van der Waals surface area contributed by atoms with Crippen LogP contribution in [0.15, 0.2) is 36.4 Å². The number of carbonyl (C=O) groups excluding carboxylic acids is 1. The minimum absolute atomic E-state index is 0.0132. The lowest BCUT2D eigenvalue weighted by Crippen LogP contribution is -2.52. The van der Waals surface area contributed by atoms with Gasteiger partial charge in [-0.2, -0.15) is 13.2 Å². The number of carbonyl (C=O) groups is 2. The van der Waals surface area contributed by atoms with E-state index in [-0.39, 0.29) is 5.56 Å². The molecule has 0 aromatic heterocycles. The van der Waals surface area contributed by atoms with Gasteiger partial charge >= 0.3 is 18.1 Å². The molecular formula is C16H13F5O4. The van der Waals surface area contributed by atoms with Gasteiger partial charge < -0.3 is 9.84 Å². The molecule has 0 bridgehead atoms. The van der Waals surface area contributed by atoms with E-state index in [1.165, 1.54) is 0 Å². The SMILES string of the molecule is C=C(CC(=O)OC1(c2ccc(C(F)(F)F)cc2)CC(F)(F)C1)C(=O)O. The van der Waals surface area contributed by atoms with E-state index in [9.17, 15) is 31.5 Å². The maximum atomic E-state index is 13.3. The highest BCUT2D eigenvalue weighted by Crippen LogP contribution is 2.54. The molecule has 1 aliphatic carbocycles. The Labute approximate surface area is 138 Å². The van der Waals surface area contributed by atoms with Gasteiger partial charge in [-0.15, -0.1) is 0 Å². The van der Waals surface area contributed by atoms with Gasteiger partial charge in [0.15, 0.2) is 0 Å². The van der Waals surface area contributed by atoms with Gasteiger partial charge in [-0.25, -0.2) is 13.6 Å². The Morgan fingerprint density at radius 2 is 1.68 bits per heavy atom. The van der Waals surface area contributed by atoms with Crippen LogP contribution in [0.25, 0.3) is 0 Å². The predicted octanol–water partition coefficient (Wildman–Crippen LogP) is 3.90. The Morgan fingerprint density at radius 3 is 2.08 bits per heavy atom. The molecular weight excluding hydrogens is 351 g/mol. The molecule has 0 atom stereocenters. The Morgan fingerprint density at radius 1 is 1.16 bits per heavy atom. The molecule has 4 nitrogen and oxygen atoms in total. The number of benzene rings is 1. The van der Waals surface area contributed by atoms with Crippen LogP contribution in [0.4, 0.5) is 22.0 Å². The second-order valence-corrected chi connectivity index (χ2v) is 5.84. The fraction of sp³-hybridized carbons (Fsp3) is 0.375. The van der Waals surface area contributed by atoms with E-state index < -0.39 is 60.0 Å². The number of carboxylic acids is 1. The van der Waals surface area contributed by atoms with Crippen molar-refractivity contribution in [3.8, 4) is 0 Å². The van der Waals surface area contributed by atoms with Crippen LogP contribution in [-0.4, -0.2) is 23.0 Å². The van der Waals surface area contributed by atoms with Crippen LogP contribution < -0.4 is 0 Å². The fourth-order valence-electron chi connectivity index (χ4n) is 2.59. The largest absolute Gasteiger partial charge is 0.478 e. The monoisotopic (exact) mass is 364 g/mol. The van der Waals surface area contributed by atoms with E-state index in [0.29, 0.717) is 12.1 Å². The maximum Gasteiger partial charge on any atom is 0.416 e. The van der Waals surface area contributed by atoms with E-state index in [4.69, 9.17) is 9.84 Å². The molecule has 0 unspecified atom stereocenters. The molecule has 0 amide bonds. The van der Waals surface area contributed by atoms with Crippen molar-refractivity contribution in [2.45, 2.75) is 37.0 Å². The molecule has 2 rings (SSSR count). The third-order valence-electron chi connectivity index (χ3n) is 3.80. The maximum absolute atomic E-state index is 13.3. The number of rotatable bonds is 5. The summed E-state index contributed by atoms with van der Waals surface area (Å²) in [4.78, 5) is 22.5. The fourth-order valence-corrected chi connectivity index (χ4v) is 2.59. The molecule has 1 N–H and O–H groups in total. The normalized spacial score (nSPS) is 18.1. The van der Waals surface area contributed by atoms with Crippen LogP contribution >= 0.6 is 0 Å². The van der Waals surface area contributed by atoms with Gasteiger partial charge in [0.05, 0.1) is 24.8 Å². The Hall–Kier alpha value is -2.45. The first-order chi connectivity index (χ1) is 11.3. The third kappa shape index (κ3) is 4.15. The van der Waals surface area contributed by atoms with Crippen molar-refractivity contribution in [2.75, 3.05) is 0 Å². The second kappa shape index (κ2) is 6.12. The van der Waals surface area contributed by atoms with Crippen molar-refractivity contribution in [3.63, 3.8) is 0 Å². The molecule has 1 aromatic carbocycles. The first kappa shape index (κ1) is 18.9. The summed E-state index contributed by atoms with van der Waals surface area (Å²) in [6, 6.07) is 3.35. The lowest BCUT2D eigenvalue weighted by Gasteiger charge is -2.46. The molecule has 0 radical (unpaired) electrons. The molecule has 1 fully saturated rings. The number of hydrogen-bond donors (Lipinski definition) is 1. The van der Waals surface area contributed by atoms with Gasteiger partial charge in [-0.1, -0.05) is 18.7 Å². The molecule has 136 valence electrons. The summed E-state index contributed by atoms with van der Waals surface area (Å²) in [5.41, 5.74) is -3.26. The van der Waals surface area contributed by atoms with Gasteiger partial charge in [0.1, 0.15) is 5.60 Å². The van der Waals surface area contributed by atoms with Crippen LogP contribution in [0, 0.1) is 0 Å². The molecule has 9 heteroatoms. The van der Waals surface area contributed by atoms with Crippen molar-refractivity contribution < 1.29 is 41.4 Å². The van der Waals surface area contributed by atoms with Crippen LogP contribution in [0.3, 0.4) is 0 Å². The van der Waals surface area contributed by atoms with Gasteiger partial charge in [0, 0.05) is 5.57 Å². The first-order valence-corrected chi connectivity index (χ1v) is 7.03. The van der Waals surface area contributed by atoms with Gasteiger partial charge in [-0.05, 0) is 17.7 Å². The van der Waals surface area contributed by atoms with E-state index in [2.05, 4.69) is 6.58 Å². The summed E-state index contributed by atoms with van der Waals surface area (Å²) in [7, 11) is 0. The number of carboxylic acid groups (broad SMARTS) is 1. The quantitative estimate of drug-likeness (QED) is 0.489. The predicted molar refractivity (Wildman–Crippen MR) is 74.8 cm³/mol. The molecule has 1 saturated carbocycles. The first-order valence-electron chi connectivity index (χ1n) is 7.03. The smallest absolute Gasteiger partial charge is 0.416 e. The number of hydrogen-bond acceptors (Lipinski definition) is 3. The number of aliphatic carboxylic acids is 1. The van der Waals surface area contributed by atoms with Crippen molar-refractivity contribution in [1.29, 1.82) is 0 Å². The summed E-state index contributed by atoms with van der Waals surface area (Å²) < 4.78 is 69.5. The number of halogens is 5. The Kier molecular flexibility index (Phi) is 4.63. The van der Waals surface area contributed by atoms with E-state index in [0.717, 1.165) is 12.1 Å². The minimum atomic E-state index is -4.59. The van der Waals surface area contributed by atoms with Gasteiger partial charge in [0.2, 0.25) is 0 Å². The topological polar surface area (TPSA) is 63.6 Å². The van der Waals surface area contributed by atoms with Crippen molar-refractivity contribution >= 4 is 11.9 Å². The molecule has 1 aromatic rings. The van der Waals surface area contributed by atoms with E-state index >= 15 is 0 Å². The molecule has 0 spiro atoms. The lowest BCUT2D eigenvalue weighted by molar-refractivity contribution is -0.231. The molecule has 0 heterocycles. The zero-order chi connectivity index (χ0) is 19.0.